The highest BCUT2D eigenvalue weighted by Gasteiger charge is 2.20. The van der Waals surface area contributed by atoms with Gasteiger partial charge in [-0.2, -0.15) is 0 Å². The van der Waals surface area contributed by atoms with Gasteiger partial charge in [0.1, 0.15) is 0 Å². The molecule has 2 rings (SSSR count). The minimum absolute atomic E-state index is 0.0878. The topological polar surface area (TPSA) is 34.1 Å². The first kappa shape index (κ1) is 10.6. The maximum Gasteiger partial charge on any atom is 0.186 e. The van der Waals surface area contributed by atoms with Crippen molar-refractivity contribution in [3.05, 3.63) is 53.1 Å². The Kier molecular flexibility index (Phi) is 2.57. The minimum atomic E-state index is -0.0963. The molecule has 1 aliphatic carbocycles. The molecule has 0 atom stereocenters. The summed E-state index contributed by atoms with van der Waals surface area (Å²) in [5, 5.41) is 0. The van der Waals surface area contributed by atoms with Crippen LogP contribution in [0.25, 0.3) is 5.57 Å². The standard InChI is InChI=1S/C14H12O2/c1-9-3-5-11(6-4-9)14-10(2)12(15)7-8-13(14)16/h3-8H,1-2H3. The summed E-state index contributed by atoms with van der Waals surface area (Å²) < 4.78 is 0. The molecule has 0 fully saturated rings. The van der Waals surface area contributed by atoms with E-state index in [9.17, 15) is 9.59 Å². The summed E-state index contributed by atoms with van der Waals surface area (Å²) in [6, 6.07) is 7.62. The van der Waals surface area contributed by atoms with Gasteiger partial charge in [0.05, 0.1) is 0 Å². The second-order valence-electron chi connectivity index (χ2n) is 3.93. The summed E-state index contributed by atoms with van der Waals surface area (Å²) in [6.45, 7) is 3.68. The highest BCUT2D eigenvalue weighted by Crippen LogP contribution is 2.24. The lowest BCUT2D eigenvalue weighted by Crippen LogP contribution is -2.11. The predicted molar refractivity (Wildman–Crippen MR) is 62.9 cm³/mol. The molecule has 0 radical (unpaired) electrons. The SMILES string of the molecule is CC1=C(c2ccc(C)cc2)C(=O)C=CC1=O. The highest BCUT2D eigenvalue weighted by molar-refractivity contribution is 6.35. The average Bonchev–Trinajstić information content (AvgIpc) is 2.27. The quantitative estimate of drug-likeness (QED) is 0.670. The van der Waals surface area contributed by atoms with Gasteiger partial charge in [-0.05, 0) is 31.6 Å². The van der Waals surface area contributed by atoms with E-state index in [0.717, 1.165) is 11.1 Å². The van der Waals surface area contributed by atoms with Crippen molar-refractivity contribution in [3.63, 3.8) is 0 Å². The summed E-state index contributed by atoms with van der Waals surface area (Å²) in [7, 11) is 0. The van der Waals surface area contributed by atoms with Crippen LogP contribution in [-0.4, -0.2) is 11.6 Å². The van der Waals surface area contributed by atoms with Gasteiger partial charge in [0.25, 0.3) is 0 Å². The molecule has 0 bridgehead atoms. The fourth-order valence-corrected chi connectivity index (χ4v) is 1.75. The molecular formula is C14H12O2. The lowest BCUT2D eigenvalue weighted by molar-refractivity contribution is -0.113. The van der Waals surface area contributed by atoms with Crippen molar-refractivity contribution in [1.82, 2.24) is 0 Å². The van der Waals surface area contributed by atoms with E-state index >= 15 is 0 Å². The van der Waals surface area contributed by atoms with Gasteiger partial charge < -0.3 is 0 Å². The molecule has 0 aliphatic heterocycles. The number of ketones is 2. The molecule has 0 saturated carbocycles. The van der Waals surface area contributed by atoms with E-state index in [1.54, 1.807) is 6.92 Å². The number of rotatable bonds is 1. The van der Waals surface area contributed by atoms with Gasteiger partial charge in [-0.1, -0.05) is 29.8 Å². The normalized spacial score (nSPS) is 15.9. The molecule has 1 aromatic rings. The molecular weight excluding hydrogens is 200 g/mol. The summed E-state index contributed by atoms with van der Waals surface area (Å²) in [4.78, 5) is 23.2. The molecule has 1 aromatic carbocycles. The molecule has 2 nitrogen and oxygen atoms in total. The zero-order valence-electron chi connectivity index (χ0n) is 9.28. The van der Waals surface area contributed by atoms with Crippen molar-refractivity contribution in [2.24, 2.45) is 0 Å². The Labute approximate surface area is 94.3 Å². The van der Waals surface area contributed by atoms with Gasteiger partial charge in [-0.3, -0.25) is 9.59 Å². The average molecular weight is 212 g/mol. The third-order valence-electron chi connectivity index (χ3n) is 2.72. The lowest BCUT2D eigenvalue weighted by atomic mass is 9.90. The first-order valence-electron chi connectivity index (χ1n) is 5.14. The summed E-state index contributed by atoms with van der Waals surface area (Å²) in [5.41, 5.74) is 2.99. The van der Waals surface area contributed by atoms with Crippen LogP contribution in [-0.2, 0) is 9.59 Å². The van der Waals surface area contributed by atoms with Gasteiger partial charge in [0, 0.05) is 11.1 Å². The van der Waals surface area contributed by atoms with Crippen LogP contribution < -0.4 is 0 Å². The molecule has 2 heteroatoms. The number of allylic oxidation sites excluding steroid dienone is 4. The largest absolute Gasteiger partial charge is 0.290 e. The number of aryl methyl sites for hydroxylation is 1. The number of carbonyl (C=O) groups excluding carboxylic acids is 2. The van der Waals surface area contributed by atoms with Crippen LogP contribution in [0.2, 0.25) is 0 Å². The van der Waals surface area contributed by atoms with E-state index in [1.807, 2.05) is 31.2 Å². The first-order valence-corrected chi connectivity index (χ1v) is 5.14. The third-order valence-corrected chi connectivity index (χ3v) is 2.72. The molecule has 16 heavy (non-hydrogen) atoms. The molecule has 0 aromatic heterocycles. The Bertz CT molecular complexity index is 516. The Morgan fingerprint density at radius 1 is 0.812 bits per heavy atom. The summed E-state index contributed by atoms with van der Waals surface area (Å²) in [6.07, 6.45) is 2.67. The van der Waals surface area contributed by atoms with Crippen molar-refractivity contribution in [2.45, 2.75) is 13.8 Å². The number of carbonyl (C=O) groups is 2. The summed E-state index contributed by atoms with van der Waals surface area (Å²) >= 11 is 0. The Morgan fingerprint density at radius 3 is 2.00 bits per heavy atom. The lowest BCUT2D eigenvalue weighted by Gasteiger charge is -2.11. The smallest absolute Gasteiger partial charge is 0.186 e. The van der Waals surface area contributed by atoms with Crippen molar-refractivity contribution in [2.75, 3.05) is 0 Å². The second-order valence-corrected chi connectivity index (χ2v) is 3.93. The van der Waals surface area contributed by atoms with Crippen LogP contribution in [0.5, 0.6) is 0 Å². The Morgan fingerprint density at radius 2 is 1.38 bits per heavy atom. The van der Waals surface area contributed by atoms with Crippen molar-refractivity contribution in [1.29, 1.82) is 0 Å². The fraction of sp³-hybridized carbons (Fsp3) is 0.143. The van der Waals surface area contributed by atoms with Crippen LogP contribution in [0.1, 0.15) is 18.1 Å². The number of hydrogen-bond donors (Lipinski definition) is 0. The highest BCUT2D eigenvalue weighted by atomic mass is 16.1. The van der Waals surface area contributed by atoms with Crippen LogP contribution in [0.3, 0.4) is 0 Å². The maximum absolute atomic E-state index is 11.7. The third kappa shape index (κ3) is 1.74. The second kappa shape index (κ2) is 3.89. The number of hydrogen-bond acceptors (Lipinski definition) is 2. The zero-order valence-corrected chi connectivity index (χ0v) is 9.28. The van der Waals surface area contributed by atoms with E-state index in [4.69, 9.17) is 0 Å². The molecule has 0 spiro atoms. The Balaban J connectivity index is 2.54. The van der Waals surface area contributed by atoms with Crippen molar-refractivity contribution in [3.8, 4) is 0 Å². The molecule has 0 unspecified atom stereocenters. The van der Waals surface area contributed by atoms with E-state index in [1.165, 1.54) is 12.2 Å². The fourth-order valence-electron chi connectivity index (χ4n) is 1.75. The monoisotopic (exact) mass is 212 g/mol. The Hall–Kier alpha value is -1.96. The summed E-state index contributed by atoms with van der Waals surface area (Å²) in [5.74, 6) is -0.184. The zero-order chi connectivity index (χ0) is 11.7. The van der Waals surface area contributed by atoms with Gasteiger partial charge in [-0.15, -0.1) is 0 Å². The molecule has 1 aliphatic rings. The van der Waals surface area contributed by atoms with Crippen LogP contribution in [0.4, 0.5) is 0 Å². The van der Waals surface area contributed by atoms with Crippen molar-refractivity contribution < 1.29 is 9.59 Å². The minimum Gasteiger partial charge on any atom is -0.290 e. The van der Waals surface area contributed by atoms with E-state index in [0.29, 0.717) is 11.1 Å². The molecule has 0 heterocycles. The van der Waals surface area contributed by atoms with E-state index < -0.39 is 0 Å². The predicted octanol–water partition coefficient (Wildman–Crippen LogP) is 2.48. The maximum atomic E-state index is 11.7. The van der Waals surface area contributed by atoms with Gasteiger partial charge in [0.15, 0.2) is 11.6 Å². The van der Waals surface area contributed by atoms with Crippen molar-refractivity contribution >= 4 is 17.1 Å². The van der Waals surface area contributed by atoms with Gasteiger partial charge in [0.2, 0.25) is 0 Å². The molecule has 0 saturated heterocycles. The van der Waals surface area contributed by atoms with Crippen LogP contribution in [0.15, 0.2) is 42.0 Å². The van der Waals surface area contributed by atoms with E-state index in [-0.39, 0.29) is 11.6 Å². The molecule has 80 valence electrons. The van der Waals surface area contributed by atoms with Crippen LogP contribution >= 0.6 is 0 Å². The molecule has 0 amide bonds. The van der Waals surface area contributed by atoms with Gasteiger partial charge >= 0.3 is 0 Å². The van der Waals surface area contributed by atoms with Crippen LogP contribution in [0, 0.1) is 6.92 Å². The first-order chi connectivity index (χ1) is 7.59. The van der Waals surface area contributed by atoms with E-state index in [2.05, 4.69) is 0 Å². The number of benzene rings is 1. The molecule has 0 N–H and O–H groups in total. The van der Waals surface area contributed by atoms with Gasteiger partial charge in [-0.25, -0.2) is 0 Å².